The van der Waals surface area contributed by atoms with E-state index >= 15 is 0 Å². The van der Waals surface area contributed by atoms with Crippen LogP contribution < -0.4 is 5.32 Å². The topological polar surface area (TPSA) is 56.2 Å². The van der Waals surface area contributed by atoms with E-state index in [1.807, 2.05) is 42.1 Å². The van der Waals surface area contributed by atoms with Crippen LogP contribution in [0.4, 0.5) is 5.69 Å². The number of carbonyl (C=O) groups is 1. The van der Waals surface area contributed by atoms with Crippen molar-refractivity contribution in [2.75, 3.05) is 11.9 Å². The zero-order chi connectivity index (χ0) is 14.7. The molecule has 6 heteroatoms. The van der Waals surface area contributed by atoms with Crippen molar-refractivity contribution in [3.05, 3.63) is 36.7 Å². The minimum atomic E-state index is -0.299. The number of benzene rings is 1. The molecule has 0 bridgehead atoms. The van der Waals surface area contributed by atoms with Crippen molar-refractivity contribution in [3.63, 3.8) is 0 Å². The van der Waals surface area contributed by atoms with E-state index in [0.717, 1.165) is 28.6 Å². The number of rotatable bonds is 4. The van der Waals surface area contributed by atoms with Gasteiger partial charge >= 0.3 is 0 Å². The van der Waals surface area contributed by atoms with Crippen LogP contribution in [0.1, 0.15) is 12.8 Å². The Morgan fingerprint density at radius 2 is 2.24 bits per heavy atom. The molecule has 21 heavy (non-hydrogen) atoms. The fourth-order valence-electron chi connectivity index (χ4n) is 2.17. The summed E-state index contributed by atoms with van der Waals surface area (Å²) in [6.07, 6.45) is 5.15. The van der Waals surface area contributed by atoms with Crippen molar-refractivity contribution >= 4 is 23.4 Å². The van der Waals surface area contributed by atoms with E-state index in [-0.39, 0.29) is 12.0 Å². The number of imidazole rings is 1. The smallest absolute Gasteiger partial charge is 0.253 e. The van der Waals surface area contributed by atoms with Crippen molar-refractivity contribution in [3.8, 4) is 0 Å². The van der Waals surface area contributed by atoms with Gasteiger partial charge in [0.15, 0.2) is 5.16 Å². The van der Waals surface area contributed by atoms with Gasteiger partial charge in [-0.2, -0.15) is 0 Å². The number of nitrogens with zero attached hydrogens (tertiary/aromatic N) is 2. The van der Waals surface area contributed by atoms with Gasteiger partial charge in [0.1, 0.15) is 6.10 Å². The average molecular weight is 303 g/mol. The lowest BCUT2D eigenvalue weighted by molar-refractivity contribution is -0.124. The Bertz CT molecular complexity index is 618. The quantitative estimate of drug-likeness (QED) is 0.943. The van der Waals surface area contributed by atoms with E-state index in [2.05, 4.69) is 10.3 Å². The molecule has 0 radical (unpaired) electrons. The van der Waals surface area contributed by atoms with Gasteiger partial charge in [-0.3, -0.25) is 4.79 Å². The predicted molar refractivity (Wildman–Crippen MR) is 81.4 cm³/mol. The van der Waals surface area contributed by atoms with Gasteiger partial charge in [0.05, 0.1) is 0 Å². The van der Waals surface area contributed by atoms with E-state index in [1.54, 1.807) is 18.0 Å². The number of nitrogens with one attached hydrogen (secondary N) is 1. The first-order valence-corrected chi connectivity index (χ1v) is 7.72. The summed E-state index contributed by atoms with van der Waals surface area (Å²) < 4.78 is 7.34. The number of amides is 1. The Morgan fingerprint density at radius 3 is 2.86 bits per heavy atom. The Balaban J connectivity index is 1.61. The zero-order valence-electron chi connectivity index (χ0n) is 11.8. The second-order valence-electron chi connectivity index (χ2n) is 4.94. The van der Waals surface area contributed by atoms with E-state index < -0.39 is 0 Å². The van der Waals surface area contributed by atoms with Gasteiger partial charge in [-0.15, -0.1) is 0 Å². The monoisotopic (exact) mass is 303 g/mol. The fraction of sp³-hybridized carbons (Fsp3) is 0.333. The lowest BCUT2D eigenvalue weighted by Gasteiger charge is -2.10. The zero-order valence-corrected chi connectivity index (χ0v) is 12.6. The lowest BCUT2D eigenvalue weighted by Crippen LogP contribution is -2.26. The van der Waals surface area contributed by atoms with Gasteiger partial charge < -0.3 is 14.6 Å². The van der Waals surface area contributed by atoms with Gasteiger partial charge in [0, 0.05) is 36.6 Å². The van der Waals surface area contributed by atoms with Gasteiger partial charge in [-0.25, -0.2) is 4.98 Å². The fourth-order valence-corrected chi connectivity index (χ4v) is 2.97. The van der Waals surface area contributed by atoms with Gasteiger partial charge in [-0.1, -0.05) is 11.8 Å². The summed E-state index contributed by atoms with van der Waals surface area (Å²) in [4.78, 5) is 17.3. The molecule has 0 aliphatic carbocycles. The highest BCUT2D eigenvalue weighted by Gasteiger charge is 2.23. The maximum Gasteiger partial charge on any atom is 0.253 e. The second-order valence-corrected chi connectivity index (χ2v) is 5.98. The molecule has 1 saturated heterocycles. The predicted octanol–water partition coefficient (Wildman–Crippen LogP) is 2.69. The number of hydrogen-bond acceptors (Lipinski definition) is 4. The molecule has 0 unspecified atom stereocenters. The number of aryl methyl sites for hydroxylation is 1. The third-order valence-electron chi connectivity index (χ3n) is 3.33. The molecule has 1 amide bonds. The molecule has 0 spiro atoms. The van der Waals surface area contributed by atoms with Crippen molar-refractivity contribution < 1.29 is 9.53 Å². The van der Waals surface area contributed by atoms with Crippen molar-refractivity contribution in [1.82, 2.24) is 9.55 Å². The van der Waals surface area contributed by atoms with Crippen LogP contribution in [0.5, 0.6) is 0 Å². The summed E-state index contributed by atoms with van der Waals surface area (Å²) in [5.41, 5.74) is 0.791. The third-order valence-corrected chi connectivity index (χ3v) is 4.41. The summed E-state index contributed by atoms with van der Waals surface area (Å²) in [5.74, 6) is -0.0583. The van der Waals surface area contributed by atoms with Crippen LogP contribution >= 0.6 is 11.8 Å². The van der Waals surface area contributed by atoms with Crippen LogP contribution in [0.25, 0.3) is 0 Å². The van der Waals surface area contributed by atoms with Crippen LogP contribution in [0, 0.1) is 0 Å². The highest BCUT2D eigenvalue weighted by molar-refractivity contribution is 7.99. The number of aromatic nitrogens is 2. The molecule has 110 valence electrons. The van der Waals surface area contributed by atoms with Crippen LogP contribution in [0.15, 0.2) is 46.7 Å². The summed E-state index contributed by atoms with van der Waals surface area (Å²) in [6, 6.07) is 7.76. The molecule has 3 rings (SSSR count). The largest absolute Gasteiger partial charge is 0.368 e. The molecule has 2 aromatic rings. The standard InChI is InChI=1S/C15H17N3O2S/c1-18-9-8-16-15(18)21-12-6-4-11(5-7-12)17-14(19)13-3-2-10-20-13/h4-9,13H,2-3,10H2,1H3,(H,17,19)/t13-/m1/s1. The highest BCUT2D eigenvalue weighted by atomic mass is 32.2. The van der Waals surface area contributed by atoms with Gasteiger partial charge in [-0.05, 0) is 37.1 Å². The molecule has 2 heterocycles. The molecular weight excluding hydrogens is 286 g/mol. The van der Waals surface area contributed by atoms with Crippen LogP contribution in [-0.2, 0) is 16.6 Å². The summed E-state index contributed by atoms with van der Waals surface area (Å²) >= 11 is 1.59. The molecular formula is C15H17N3O2S. The first-order valence-electron chi connectivity index (χ1n) is 6.90. The van der Waals surface area contributed by atoms with E-state index in [0.29, 0.717) is 6.61 Å². The Hall–Kier alpha value is -1.79. The molecule has 1 aliphatic heterocycles. The molecule has 1 atom stereocenters. The molecule has 5 nitrogen and oxygen atoms in total. The van der Waals surface area contributed by atoms with Gasteiger partial charge in [0.2, 0.25) is 0 Å². The first kappa shape index (κ1) is 14.2. The molecule has 1 N–H and O–H groups in total. The number of anilines is 1. The van der Waals surface area contributed by atoms with Crippen molar-refractivity contribution in [2.45, 2.75) is 29.0 Å². The summed E-state index contributed by atoms with van der Waals surface area (Å²) in [6.45, 7) is 0.678. The van der Waals surface area contributed by atoms with Crippen LogP contribution in [0.3, 0.4) is 0 Å². The van der Waals surface area contributed by atoms with Crippen LogP contribution in [0.2, 0.25) is 0 Å². The Labute approximate surface area is 127 Å². The molecule has 0 saturated carbocycles. The van der Waals surface area contributed by atoms with Crippen LogP contribution in [-0.4, -0.2) is 28.2 Å². The minimum absolute atomic E-state index is 0.0583. The summed E-state index contributed by atoms with van der Waals surface area (Å²) in [5, 5.41) is 3.82. The maximum atomic E-state index is 11.9. The maximum absolute atomic E-state index is 11.9. The van der Waals surface area contributed by atoms with Gasteiger partial charge in [0.25, 0.3) is 5.91 Å². The Morgan fingerprint density at radius 1 is 1.43 bits per heavy atom. The third kappa shape index (κ3) is 3.46. The van der Waals surface area contributed by atoms with E-state index in [1.165, 1.54) is 0 Å². The lowest BCUT2D eigenvalue weighted by atomic mass is 10.2. The first-order chi connectivity index (χ1) is 10.2. The Kier molecular flexibility index (Phi) is 4.26. The molecule has 1 aromatic carbocycles. The summed E-state index contributed by atoms with van der Waals surface area (Å²) in [7, 11) is 1.96. The number of ether oxygens (including phenoxy) is 1. The normalized spacial score (nSPS) is 17.9. The molecule has 1 fully saturated rings. The van der Waals surface area contributed by atoms with Crippen molar-refractivity contribution in [1.29, 1.82) is 0 Å². The number of carbonyl (C=O) groups excluding carboxylic acids is 1. The SMILES string of the molecule is Cn1ccnc1Sc1ccc(NC(=O)[C@H]2CCCO2)cc1. The average Bonchev–Trinajstić information content (AvgIpc) is 3.14. The van der Waals surface area contributed by atoms with E-state index in [9.17, 15) is 4.79 Å². The van der Waals surface area contributed by atoms with Crippen molar-refractivity contribution in [2.24, 2.45) is 7.05 Å². The molecule has 1 aromatic heterocycles. The number of hydrogen-bond donors (Lipinski definition) is 1. The highest BCUT2D eigenvalue weighted by Crippen LogP contribution is 2.27. The molecule has 1 aliphatic rings. The minimum Gasteiger partial charge on any atom is -0.368 e. The second kappa shape index (κ2) is 6.32. The van der Waals surface area contributed by atoms with E-state index in [4.69, 9.17) is 4.74 Å².